The van der Waals surface area contributed by atoms with Gasteiger partial charge in [0, 0.05) is 23.8 Å². The summed E-state index contributed by atoms with van der Waals surface area (Å²) in [5.74, 6) is 0.505. The Morgan fingerprint density at radius 1 is 1.24 bits per heavy atom. The van der Waals surface area contributed by atoms with Gasteiger partial charge in [0.25, 0.3) is 5.56 Å². The third-order valence-corrected chi connectivity index (χ3v) is 3.71. The van der Waals surface area contributed by atoms with E-state index in [1.54, 1.807) is 13.1 Å². The molecule has 0 saturated heterocycles. The molecule has 2 aromatic heterocycles. The number of fused-ring (bicyclic) bond motifs is 1. The van der Waals surface area contributed by atoms with Crippen molar-refractivity contribution in [3.05, 3.63) is 63.5 Å². The smallest absolute Gasteiger partial charge is 0.283 e. The average molecular weight is 300 g/mol. The van der Waals surface area contributed by atoms with Crippen molar-refractivity contribution < 1.29 is 0 Å². The molecule has 0 saturated carbocycles. The molecule has 106 valence electrons. The van der Waals surface area contributed by atoms with Crippen LogP contribution < -0.4 is 10.9 Å². The van der Waals surface area contributed by atoms with Crippen LogP contribution in [0.25, 0.3) is 16.6 Å². The Labute approximate surface area is 127 Å². The molecule has 0 radical (unpaired) electrons. The Morgan fingerprint density at radius 3 is 2.71 bits per heavy atom. The molecule has 3 aromatic rings. The van der Waals surface area contributed by atoms with E-state index in [0.717, 1.165) is 11.1 Å². The van der Waals surface area contributed by atoms with E-state index in [4.69, 9.17) is 11.6 Å². The molecule has 21 heavy (non-hydrogen) atoms. The summed E-state index contributed by atoms with van der Waals surface area (Å²) in [5, 5.41) is 3.48. The molecular formula is C16H14ClN3O. The predicted octanol–water partition coefficient (Wildman–Crippen LogP) is 3.37. The van der Waals surface area contributed by atoms with Crippen LogP contribution in [-0.4, -0.2) is 16.4 Å². The van der Waals surface area contributed by atoms with Crippen molar-refractivity contribution in [3.8, 4) is 11.1 Å². The lowest BCUT2D eigenvalue weighted by molar-refractivity contribution is 1.04. The van der Waals surface area contributed by atoms with Crippen molar-refractivity contribution in [3.63, 3.8) is 0 Å². The number of halogens is 1. The van der Waals surface area contributed by atoms with Crippen molar-refractivity contribution in [1.29, 1.82) is 0 Å². The molecule has 0 fully saturated rings. The van der Waals surface area contributed by atoms with Gasteiger partial charge in [-0.15, -0.1) is 0 Å². The fraction of sp³-hybridized carbons (Fsp3) is 0.125. The number of hydrogen-bond acceptors (Lipinski definition) is 3. The van der Waals surface area contributed by atoms with Gasteiger partial charge >= 0.3 is 0 Å². The van der Waals surface area contributed by atoms with E-state index in [9.17, 15) is 4.79 Å². The lowest BCUT2D eigenvalue weighted by atomic mass is 10.1. The van der Waals surface area contributed by atoms with E-state index in [-0.39, 0.29) is 5.56 Å². The largest absolute Gasteiger partial charge is 0.358 e. The first kappa shape index (κ1) is 13.6. The summed E-state index contributed by atoms with van der Waals surface area (Å²) in [7, 11) is 1.74. The van der Waals surface area contributed by atoms with Gasteiger partial charge in [0.15, 0.2) is 0 Å². The third kappa shape index (κ3) is 2.28. The number of nitrogens with one attached hydrogen (secondary N) is 1. The fourth-order valence-electron chi connectivity index (χ4n) is 2.39. The van der Waals surface area contributed by atoms with E-state index in [1.807, 2.05) is 47.9 Å². The van der Waals surface area contributed by atoms with Gasteiger partial charge in [-0.3, -0.25) is 9.20 Å². The maximum absolute atomic E-state index is 12.5. The Kier molecular flexibility index (Phi) is 3.39. The molecule has 0 aliphatic carbocycles. The third-order valence-electron chi connectivity index (χ3n) is 3.38. The van der Waals surface area contributed by atoms with Crippen LogP contribution in [0.15, 0.2) is 47.4 Å². The average Bonchev–Trinajstić information content (AvgIpc) is 2.47. The van der Waals surface area contributed by atoms with Gasteiger partial charge in [-0.2, -0.15) is 4.98 Å². The van der Waals surface area contributed by atoms with Gasteiger partial charge in [-0.05, 0) is 30.7 Å². The van der Waals surface area contributed by atoms with E-state index in [0.29, 0.717) is 22.1 Å². The predicted molar refractivity (Wildman–Crippen MR) is 86.2 cm³/mol. The van der Waals surface area contributed by atoms with Gasteiger partial charge in [0.05, 0.1) is 11.1 Å². The number of rotatable bonds is 2. The maximum atomic E-state index is 12.5. The van der Waals surface area contributed by atoms with Crippen LogP contribution in [0.3, 0.4) is 0 Å². The minimum absolute atomic E-state index is 0.293. The van der Waals surface area contributed by atoms with Crippen LogP contribution >= 0.6 is 11.6 Å². The first-order chi connectivity index (χ1) is 10.1. The van der Waals surface area contributed by atoms with Crippen LogP contribution in [-0.2, 0) is 0 Å². The van der Waals surface area contributed by atoms with Crippen LogP contribution in [0.1, 0.15) is 5.56 Å². The number of hydrogen-bond donors (Lipinski definition) is 1. The first-order valence-corrected chi connectivity index (χ1v) is 6.95. The number of anilines is 1. The molecule has 4 nitrogen and oxygen atoms in total. The van der Waals surface area contributed by atoms with Gasteiger partial charge < -0.3 is 5.32 Å². The van der Waals surface area contributed by atoms with Gasteiger partial charge in [0.2, 0.25) is 5.95 Å². The summed E-state index contributed by atoms with van der Waals surface area (Å²) in [6, 6.07) is 11.2. The van der Waals surface area contributed by atoms with Crippen LogP contribution in [0, 0.1) is 6.92 Å². The van der Waals surface area contributed by atoms with Crippen molar-refractivity contribution in [2.45, 2.75) is 6.92 Å². The Hall–Kier alpha value is -2.33. The standard InChI is InChI=1S/C16H14ClN3O/c1-10-7-8-20-13(9-10)14(15(21)19-16(20)18-2)11-5-3-4-6-12(11)17/h3-9H,1-2H3,(H,18,19,21). The summed E-state index contributed by atoms with van der Waals surface area (Å²) >= 11 is 6.25. The lowest BCUT2D eigenvalue weighted by Crippen LogP contribution is -2.16. The van der Waals surface area contributed by atoms with Crippen molar-refractivity contribution >= 4 is 23.1 Å². The number of aryl methyl sites for hydroxylation is 1. The highest BCUT2D eigenvalue weighted by molar-refractivity contribution is 6.33. The Bertz CT molecular complexity index is 886. The molecule has 0 amide bonds. The molecule has 3 rings (SSSR count). The van der Waals surface area contributed by atoms with E-state index in [2.05, 4.69) is 10.3 Å². The zero-order valence-electron chi connectivity index (χ0n) is 11.7. The van der Waals surface area contributed by atoms with Crippen molar-refractivity contribution in [1.82, 2.24) is 9.38 Å². The number of pyridine rings is 1. The van der Waals surface area contributed by atoms with Crippen LogP contribution in [0.5, 0.6) is 0 Å². The monoisotopic (exact) mass is 299 g/mol. The fourth-order valence-corrected chi connectivity index (χ4v) is 2.62. The molecule has 0 aliphatic rings. The molecule has 2 heterocycles. The summed E-state index contributed by atoms with van der Waals surface area (Å²) in [4.78, 5) is 16.6. The molecule has 0 aliphatic heterocycles. The minimum atomic E-state index is -0.293. The highest BCUT2D eigenvalue weighted by Gasteiger charge is 2.15. The van der Waals surface area contributed by atoms with Crippen LogP contribution in [0.2, 0.25) is 5.02 Å². The van der Waals surface area contributed by atoms with Gasteiger partial charge in [0.1, 0.15) is 0 Å². The molecule has 1 aromatic carbocycles. The quantitative estimate of drug-likeness (QED) is 0.789. The highest BCUT2D eigenvalue weighted by atomic mass is 35.5. The second kappa shape index (κ2) is 5.22. The Morgan fingerprint density at radius 2 is 2.00 bits per heavy atom. The second-order valence-corrected chi connectivity index (χ2v) is 5.21. The summed E-state index contributed by atoms with van der Waals surface area (Å²) in [5.41, 5.74) is 2.77. The summed E-state index contributed by atoms with van der Waals surface area (Å²) < 4.78 is 1.85. The Balaban J connectivity index is 2.48. The molecule has 0 spiro atoms. The molecule has 0 atom stereocenters. The second-order valence-electron chi connectivity index (χ2n) is 4.80. The molecular weight excluding hydrogens is 286 g/mol. The maximum Gasteiger partial charge on any atom is 0.283 e. The zero-order valence-corrected chi connectivity index (χ0v) is 12.5. The summed E-state index contributed by atoms with van der Waals surface area (Å²) in [6.07, 6.45) is 1.89. The molecule has 1 N–H and O–H groups in total. The SMILES string of the molecule is CNc1nc(=O)c(-c2ccccc2Cl)c2cc(C)ccn12. The zero-order chi connectivity index (χ0) is 15.0. The minimum Gasteiger partial charge on any atom is -0.358 e. The topological polar surface area (TPSA) is 46.4 Å². The van der Waals surface area contributed by atoms with E-state index >= 15 is 0 Å². The molecule has 5 heteroatoms. The van der Waals surface area contributed by atoms with Crippen molar-refractivity contribution in [2.24, 2.45) is 0 Å². The van der Waals surface area contributed by atoms with E-state index < -0.39 is 0 Å². The number of nitrogens with zero attached hydrogens (tertiary/aromatic N) is 2. The van der Waals surface area contributed by atoms with Gasteiger partial charge in [-0.25, -0.2) is 0 Å². The molecule has 0 bridgehead atoms. The van der Waals surface area contributed by atoms with Crippen molar-refractivity contribution in [2.75, 3.05) is 12.4 Å². The first-order valence-electron chi connectivity index (χ1n) is 6.57. The summed E-state index contributed by atoms with van der Waals surface area (Å²) in [6.45, 7) is 1.99. The molecule has 0 unspecified atom stereocenters. The number of benzene rings is 1. The van der Waals surface area contributed by atoms with Gasteiger partial charge in [-0.1, -0.05) is 29.8 Å². The van der Waals surface area contributed by atoms with E-state index in [1.165, 1.54) is 0 Å². The number of aromatic nitrogens is 2. The highest BCUT2D eigenvalue weighted by Crippen LogP contribution is 2.29. The lowest BCUT2D eigenvalue weighted by Gasteiger charge is -2.13. The van der Waals surface area contributed by atoms with Crippen LogP contribution in [0.4, 0.5) is 5.95 Å². The normalized spacial score (nSPS) is 10.8.